The van der Waals surface area contributed by atoms with Gasteiger partial charge in [0, 0.05) is 10.9 Å². The molecule has 2 heterocycles. The number of carbonyl (C=O) groups excluding carboxylic acids is 1. The molecular weight excluding hydrogens is 378 g/mol. The second kappa shape index (κ2) is 9.32. The lowest BCUT2D eigenvalue weighted by atomic mass is 10.2. The molecule has 6 nitrogen and oxygen atoms in total. The highest BCUT2D eigenvalue weighted by Gasteiger charge is 2.25. The fourth-order valence-electron chi connectivity index (χ4n) is 4.15. The van der Waals surface area contributed by atoms with Crippen molar-refractivity contribution in [2.75, 3.05) is 39.8 Å². The van der Waals surface area contributed by atoms with Gasteiger partial charge in [-0.15, -0.1) is 0 Å². The van der Waals surface area contributed by atoms with Gasteiger partial charge < -0.3 is 24.3 Å². The number of piperazine rings is 1. The first-order valence-corrected chi connectivity index (χ1v) is 10.7. The van der Waals surface area contributed by atoms with Crippen molar-refractivity contribution in [3.05, 3.63) is 65.9 Å². The van der Waals surface area contributed by atoms with E-state index in [9.17, 15) is 4.79 Å². The van der Waals surface area contributed by atoms with Crippen molar-refractivity contribution < 1.29 is 23.7 Å². The number of hydrogen-bond donors (Lipinski definition) is 3. The summed E-state index contributed by atoms with van der Waals surface area (Å²) < 4.78 is 11.1. The number of amides is 1. The molecule has 0 spiro atoms. The summed E-state index contributed by atoms with van der Waals surface area (Å²) >= 11 is 0. The van der Waals surface area contributed by atoms with Gasteiger partial charge in [-0.05, 0) is 43.3 Å². The minimum absolute atomic E-state index is 0.0801. The lowest BCUT2D eigenvalue weighted by molar-refractivity contribution is -1.02. The summed E-state index contributed by atoms with van der Waals surface area (Å²) in [6.45, 7) is 7.69. The van der Waals surface area contributed by atoms with Crippen LogP contribution in [-0.2, 0) is 11.3 Å². The molecule has 3 aromatic rings. The maximum absolute atomic E-state index is 12.6. The number of furan rings is 1. The predicted molar refractivity (Wildman–Crippen MR) is 116 cm³/mol. The molecule has 2 aromatic carbocycles. The number of ether oxygens (including phenoxy) is 1. The number of methoxy groups -OCH3 is 1. The highest BCUT2D eigenvalue weighted by Crippen LogP contribution is 2.23. The average molecular weight is 410 g/mol. The van der Waals surface area contributed by atoms with Gasteiger partial charge in [0.2, 0.25) is 0 Å². The van der Waals surface area contributed by atoms with Crippen molar-refractivity contribution in [3.8, 4) is 5.75 Å². The topological polar surface area (TPSA) is 60.4 Å². The highest BCUT2D eigenvalue weighted by atomic mass is 16.5. The van der Waals surface area contributed by atoms with Crippen LogP contribution >= 0.6 is 0 Å². The number of para-hydroxylation sites is 1. The Kier molecular flexibility index (Phi) is 6.35. The zero-order valence-corrected chi connectivity index (χ0v) is 17.7. The zero-order valence-electron chi connectivity index (χ0n) is 17.7. The lowest BCUT2D eigenvalue weighted by Crippen LogP contribution is -3.28. The number of fused-ring (bicyclic) bond motifs is 1. The standard InChI is InChI=1S/C24H29N3O3/c1-18(23-15-20-5-3-4-6-22(20)30-23)25-24(28)17-27-13-11-26(12-14-27)16-19-7-9-21(29-2)10-8-19/h3-10,15,18H,11-14,16-17H2,1-2H3,(H,25,28)/p+2/t18-/m0/s1. The molecule has 1 aliphatic heterocycles. The molecular formula is C24H31N3O3+2. The first-order chi connectivity index (χ1) is 14.6. The number of hydrogen-bond acceptors (Lipinski definition) is 3. The SMILES string of the molecule is COc1ccc(C[NH+]2CC[NH+](CC(=O)N[C@@H](C)c3cc4ccccc4o3)CC2)cc1. The molecule has 4 rings (SSSR count). The number of carbonyl (C=O) groups is 1. The third-order valence-electron chi connectivity index (χ3n) is 5.94. The molecule has 1 amide bonds. The van der Waals surface area contributed by atoms with Crippen LogP contribution in [0, 0.1) is 0 Å². The number of rotatable bonds is 7. The second-order valence-corrected chi connectivity index (χ2v) is 8.18. The average Bonchev–Trinajstić information content (AvgIpc) is 3.20. The molecule has 1 atom stereocenters. The summed E-state index contributed by atoms with van der Waals surface area (Å²) in [5, 5.41) is 4.16. The molecule has 30 heavy (non-hydrogen) atoms. The van der Waals surface area contributed by atoms with Crippen molar-refractivity contribution >= 4 is 16.9 Å². The van der Waals surface area contributed by atoms with Crippen LogP contribution in [0.3, 0.4) is 0 Å². The van der Waals surface area contributed by atoms with Crippen LogP contribution in [0.1, 0.15) is 24.3 Å². The van der Waals surface area contributed by atoms with Crippen molar-refractivity contribution in [2.24, 2.45) is 0 Å². The van der Waals surface area contributed by atoms with Gasteiger partial charge in [0.1, 0.15) is 49.8 Å². The van der Waals surface area contributed by atoms with E-state index in [0.29, 0.717) is 6.54 Å². The van der Waals surface area contributed by atoms with Crippen LogP contribution in [0.4, 0.5) is 0 Å². The molecule has 158 valence electrons. The third kappa shape index (κ3) is 5.01. The lowest BCUT2D eigenvalue weighted by Gasteiger charge is -2.29. The summed E-state index contributed by atoms with van der Waals surface area (Å²) in [5.41, 5.74) is 2.18. The van der Waals surface area contributed by atoms with Crippen molar-refractivity contribution in [3.63, 3.8) is 0 Å². The quantitative estimate of drug-likeness (QED) is 0.536. The van der Waals surface area contributed by atoms with E-state index in [4.69, 9.17) is 9.15 Å². The van der Waals surface area contributed by atoms with Crippen LogP contribution < -0.4 is 19.9 Å². The molecule has 0 unspecified atom stereocenters. The molecule has 0 radical (unpaired) electrons. The number of quaternary nitrogens is 2. The van der Waals surface area contributed by atoms with E-state index in [-0.39, 0.29) is 11.9 Å². The van der Waals surface area contributed by atoms with E-state index in [1.165, 1.54) is 10.5 Å². The second-order valence-electron chi connectivity index (χ2n) is 8.18. The van der Waals surface area contributed by atoms with E-state index in [2.05, 4.69) is 17.4 Å². The zero-order chi connectivity index (χ0) is 20.9. The maximum Gasteiger partial charge on any atom is 0.275 e. The van der Waals surface area contributed by atoms with Crippen molar-refractivity contribution in [1.82, 2.24) is 5.32 Å². The van der Waals surface area contributed by atoms with E-state index in [0.717, 1.165) is 55.2 Å². The third-order valence-corrected chi connectivity index (χ3v) is 5.94. The minimum Gasteiger partial charge on any atom is -0.497 e. The van der Waals surface area contributed by atoms with Crippen LogP contribution in [0.25, 0.3) is 11.0 Å². The molecule has 1 aliphatic rings. The van der Waals surface area contributed by atoms with E-state index < -0.39 is 0 Å². The monoisotopic (exact) mass is 409 g/mol. The molecule has 1 aromatic heterocycles. The molecule has 6 heteroatoms. The molecule has 1 fully saturated rings. The normalized spacial score (nSPS) is 20.1. The summed E-state index contributed by atoms with van der Waals surface area (Å²) in [7, 11) is 1.69. The van der Waals surface area contributed by atoms with Crippen molar-refractivity contribution in [1.29, 1.82) is 0 Å². The summed E-state index contributed by atoms with van der Waals surface area (Å²) in [6.07, 6.45) is 0. The summed E-state index contributed by atoms with van der Waals surface area (Å²) in [4.78, 5) is 15.5. The van der Waals surface area contributed by atoms with Crippen LogP contribution in [0.5, 0.6) is 5.75 Å². The maximum atomic E-state index is 12.6. The Bertz CT molecular complexity index is 942. The van der Waals surface area contributed by atoms with E-state index in [1.54, 1.807) is 12.0 Å². The van der Waals surface area contributed by atoms with Gasteiger partial charge in [-0.3, -0.25) is 4.79 Å². The van der Waals surface area contributed by atoms with Gasteiger partial charge in [0.15, 0.2) is 6.54 Å². The van der Waals surface area contributed by atoms with Crippen LogP contribution in [0.2, 0.25) is 0 Å². The Labute approximate surface area is 177 Å². The molecule has 3 N–H and O–H groups in total. The summed E-state index contributed by atoms with van der Waals surface area (Å²) in [6, 6.07) is 18.1. The summed E-state index contributed by atoms with van der Waals surface area (Å²) in [5.74, 6) is 1.77. The Morgan fingerprint density at radius 2 is 1.77 bits per heavy atom. The van der Waals surface area contributed by atoms with Gasteiger partial charge in [-0.1, -0.05) is 18.2 Å². The first-order valence-electron chi connectivity index (χ1n) is 10.7. The van der Waals surface area contributed by atoms with Gasteiger partial charge in [-0.25, -0.2) is 0 Å². The number of nitrogens with one attached hydrogen (secondary N) is 3. The fraction of sp³-hybridized carbons (Fsp3) is 0.375. The fourth-order valence-corrected chi connectivity index (χ4v) is 4.15. The Balaban J connectivity index is 1.22. The Morgan fingerprint density at radius 3 is 2.47 bits per heavy atom. The van der Waals surface area contributed by atoms with Crippen LogP contribution in [0.15, 0.2) is 59.0 Å². The molecule has 0 saturated carbocycles. The number of benzene rings is 2. The molecule has 1 saturated heterocycles. The predicted octanol–water partition coefficient (Wildman–Crippen LogP) is 0.602. The van der Waals surface area contributed by atoms with Gasteiger partial charge in [-0.2, -0.15) is 0 Å². The minimum atomic E-state index is -0.133. The Morgan fingerprint density at radius 1 is 1.07 bits per heavy atom. The highest BCUT2D eigenvalue weighted by molar-refractivity contribution is 5.79. The van der Waals surface area contributed by atoms with Gasteiger partial charge >= 0.3 is 0 Å². The van der Waals surface area contributed by atoms with Gasteiger partial charge in [0.05, 0.1) is 13.2 Å². The van der Waals surface area contributed by atoms with Gasteiger partial charge in [0.25, 0.3) is 5.91 Å². The first kappa shape index (κ1) is 20.4. The van der Waals surface area contributed by atoms with E-state index >= 15 is 0 Å². The molecule has 0 aliphatic carbocycles. The van der Waals surface area contributed by atoms with E-state index in [1.807, 2.05) is 49.4 Å². The van der Waals surface area contributed by atoms with Crippen molar-refractivity contribution in [2.45, 2.75) is 19.5 Å². The van der Waals surface area contributed by atoms with Crippen LogP contribution in [-0.4, -0.2) is 45.7 Å². The molecule has 0 bridgehead atoms. The Hall–Kier alpha value is -2.83. The largest absolute Gasteiger partial charge is 0.497 e. The smallest absolute Gasteiger partial charge is 0.275 e.